The molecule has 2 heteroatoms. The van der Waals surface area contributed by atoms with Crippen molar-refractivity contribution in [3.05, 3.63) is 35.9 Å². The van der Waals surface area contributed by atoms with Gasteiger partial charge in [-0.2, -0.15) is 0 Å². The van der Waals surface area contributed by atoms with Crippen LogP contribution in [0.25, 0.3) is 0 Å². The van der Waals surface area contributed by atoms with Crippen LogP contribution in [0.15, 0.2) is 30.3 Å². The lowest BCUT2D eigenvalue weighted by Crippen LogP contribution is -2.56. The second-order valence-corrected chi connectivity index (χ2v) is 7.19. The molecule has 1 aliphatic heterocycles. The van der Waals surface area contributed by atoms with Gasteiger partial charge >= 0.3 is 0 Å². The molecule has 116 valence electrons. The van der Waals surface area contributed by atoms with E-state index in [-0.39, 0.29) is 5.54 Å². The van der Waals surface area contributed by atoms with E-state index in [1.807, 2.05) is 0 Å². The zero-order chi connectivity index (χ0) is 14.5. The molecule has 2 nitrogen and oxygen atoms in total. The van der Waals surface area contributed by atoms with Gasteiger partial charge in [0, 0.05) is 19.6 Å². The summed E-state index contributed by atoms with van der Waals surface area (Å²) in [4.78, 5) is 2.68. The Hall–Kier alpha value is -0.860. The van der Waals surface area contributed by atoms with Gasteiger partial charge in [0.15, 0.2) is 0 Å². The van der Waals surface area contributed by atoms with Crippen molar-refractivity contribution in [2.24, 2.45) is 5.92 Å². The number of benzene rings is 1. The Kier molecular flexibility index (Phi) is 4.97. The van der Waals surface area contributed by atoms with Crippen LogP contribution in [0.2, 0.25) is 0 Å². The van der Waals surface area contributed by atoms with Crippen LogP contribution in [0.5, 0.6) is 0 Å². The number of hydrogen-bond donors (Lipinski definition) is 1. The van der Waals surface area contributed by atoms with Gasteiger partial charge in [0.2, 0.25) is 0 Å². The summed E-state index contributed by atoms with van der Waals surface area (Å²) >= 11 is 0. The molecule has 0 bridgehead atoms. The summed E-state index contributed by atoms with van der Waals surface area (Å²) in [6.07, 6.45) is 8.76. The van der Waals surface area contributed by atoms with Crippen molar-refractivity contribution in [2.45, 2.75) is 51.0 Å². The van der Waals surface area contributed by atoms with Crippen LogP contribution in [0.4, 0.5) is 0 Å². The second-order valence-electron chi connectivity index (χ2n) is 7.19. The second kappa shape index (κ2) is 6.93. The average Bonchev–Trinajstić information content (AvgIpc) is 2.55. The van der Waals surface area contributed by atoms with E-state index in [1.54, 1.807) is 0 Å². The lowest BCUT2D eigenvalue weighted by atomic mass is 9.86. The summed E-state index contributed by atoms with van der Waals surface area (Å²) in [6, 6.07) is 10.9. The Morgan fingerprint density at radius 3 is 2.67 bits per heavy atom. The predicted molar refractivity (Wildman–Crippen MR) is 89.4 cm³/mol. The molecule has 2 aliphatic rings. The van der Waals surface area contributed by atoms with Crippen molar-refractivity contribution in [3.63, 3.8) is 0 Å². The maximum atomic E-state index is 3.74. The molecule has 21 heavy (non-hydrogen) atoms. The Morgan fingerprint density at radius 1 is 1.14 bits per heavy atom. The van der Waals surface area contributed by atoms with E-state index in [0.717, 1.165) is 19.0 Å². The Morgan fingerprint density at radius 2 is 1.90 bits per heavy atom. The van der Waals surface area contributed by atoms with Gasteiger partial charge in [-0.3, -0.25) is 4.90 Å². The van der Waals surface area contributed by atoms with Gasteiger partial charge in [-0.15, -0.1) is 0 Å². The number of nitrogens with zero attached hydrogens (tertiary/aromatic N) is 1. The van der Waals surface area contributed by atoms with E-state index in [2.05, 4.69) is 47.5 Å². The van der Waals surface area contributed by atoms with Gasteiger partial charge in [0.1, 0.15) is 0 Å². The third-order valence-corrected chi connectivity index (χ3v) is 5.47. The number of hydrogen-bond acceptors (Lipinski definition) is 2. The molecule has 3 rings (SSSR count). The largest absolute Gasteiger partial charge is 0.305 e. The summed E-state index contributed by atoms with van der Waals surface area (Å²) in [5.74, 6) is 0.997. The molecule has 1 aromatic carbocycles. The third-order valence-electron chi connectivity index (χ3n) is 5.47. The summed E-state index contributed by atoms with van der Waals surface area (Å²) < 4.78 is 0. The van der Waals surface area contributed by atoms with Gasteiger partial charge in [0.05, 0.1) is 5.54 Å². The fraction of sp³-hybridized carbons (Fsp3) is 0.684. The molecule has 1 aromatic rings. The molecule has 1 unspecified atom stereocenters. The van der Waals surface area contributed by atoms with Crippen molar-refractivity contribution >= 4 is 0 Å². The quantitative estimate of drug-likeness (QED) is 0.906. The molecular weight excluding hydrogens is 256 g/mol. The first-order valence-corrected chi connectivity index (χ1v) is 8.79. The van der Waals surface area contributed by atoms with Crippen molar-refractivity contribution in [1.82, 2.24) is 10.2 Å². The van der Waals surface area contributed by atoms with E-state index in [1.165, 1.54) is 57.2 Å². The molecule has 0 aromatic heterocycles. The maximum Gasteiger partial charge on any atom is 0.0535 e. The van der Waals surface area contributed by atoms with E-state index in [0.29, 0.717) is 0 Å². The highest BCUT2D eigenvalue weighted by Crippen LogP contribution is 2.28. The zero-order valence-corrected chi connectivity index (χ0v) is 13.5. The number of nitrogens with one attached hydrogen (secondary N) is 1. The van der Waals surface area contributed by atoms with Crippen molar-refractivity contribution in [2.75, 3.05) is 26.2 Å². The first-order valence-electron chi connectivity index (χ1n) is 8.79. The third kappa shape index (κ3) is 3.87. The van der Waals surface area contributed by atoms with E-state index in [9.17, 15) is 0 Å². The highest BCUT2D eigenvalue weighted by Gasteiger charge is 2.32. The molecule has 1 heterocycles. The number of rotatable bonds is 4. The van der Waals surface area contributed by atoms with Crippen LogP contribution in [0, 0.1) is 5.92 Å². The molecule has 1 N–H and O–H groups in total. The van der Waals surface area contributed by atoms with Crippen LogP contribution in [0.3, 0.4) is 0 Å². The average molecular weight is 286 g/mol. The van der Waals surface area contributed by atoms with Crippen molar-refractivity contribution < 1.29 is 0 Å². The minimum atomic E-state index is 0.117. The molecule has 2 fully saturated rings. The van der Waals surface area contributed by atoms with Crippen LogP contribution in [-0.4, -0.2) is 31.1 Å². The molecule has 0 radical (unpaired) electrons. The molecule has 1 saturated heterocycles. The van der Waals surface area contributed by atoms with E-state index >= 15 is 0 Å². The summed E-state index contributed by atoms with van der Waals surface area (Å²) in [5.41, 5.74) is 1.54. The zero-order valence-electron chi connectivity index (χ0n) is 13.5. The normalized spacial score (nSPS) is 28.6. The SMILES string of the molecule is CC1(c2ccccc2)CN(CCC2CCCCC2)CCN1. The minimum Gasteiger partial charge on any atom is -0.305 e. The molecule has 1 aliphatic carbocycles. The first kappa shape index (κ1) is 15.1. The minimum absolute atomic E-state index is 0.117. The van der Waals surface area contributed by atoms with Gasteiger partial charge in [-0.25, -0.2) is 0 Å². The predicted octanol–water partition coefficient (Wildman–Crippen LogP) is 3.78. The van der Waals surface area contributed by atoms with Crippen LogP contribution >= 0.6 is 0 Å². The highest BCUT2D eigenvalue weighted by molar-refractivity contribution is 5.24. The summed E-state index contributed by atoms with van der Waals surface area (Å²) in [5, 5.41) is 3.74. The van der Waals surface area contributed by atoms with Gasteiger partial charge in [-0.05, 0) is 31.4 Å². The van der Waals surface area contributed by atoms with Crippen LogP contribution in [-0.2, 0) is 5.54 Å². The fourth-order valence-corrected chi connectivity index (χ4v) is 4.10. The molecule has 0 spiro atoms. The standard InChI is InChI=1S/C19H30N2/c1-19(18-10-6-3-7-11-18)16-21(15-13-20-19)14-12-17-8-4-2-5-9-17/h3,6-7,10-11,17,20H,2,4-5,8-9,12-16H2,1H3. The lowest BCUT2D eigenvalue weighted by molar-refractivity contribution is 0.131. The maximum absolute atomic E-state index is 3.74. The monoisotopic (exact) mass is 286 g/mol. The number of piperazine rings is 1. The summed E-state index contributed by atoms with van der Waals surface area (Å²) in [7, 11) is 0. The molecule has 1 atom stereocenters. The molecule has 1 saturated carbocycles. The van der Waals surface area contributed by atoms with Crippen LogP contribution in [0.1, 0.15) is 51.0 Å². The van der Waals surface area contributed by atoms with Crippen molar-refractivity contribution in [3.8, 4) is 0 Å². The van der Waals surface area contributed by atoms with E-state index < -0.39 is 0 Å². The van der Waals surface area contributed by atoms with Crippen LogP contribution < -0.4 is 5.32 Å². The smallest absolute Gasteiger partial charge is 0.0535 e. The molecule has 0 amide bonds. The van der Waals surface area contributed by atoms with E-state index in [4.69, 9.17) is 0 Å². The highest BCUT2D eigenvalue weighted by atomic mass is 15.2. The first-order chi connectivity index (χ1) is 10.3. The molecular formula is C19H30N2. The van der Waals surface area contributed by atoms with Gasteiger partial charge in [0.25, 0.3) is 0 Å². The van der Waals surface area contributed by atoms with Gasteiger partial charge < -0.3 is 5.32 Å². The Labute approximate surface area is 129 Å². The van der Waals surface area contributed by atoms with Crippen molar-refractivity contribution in [1.29, 1.82) is 0 Å². The Bertz CT molecular complexity index is 424. The Balaban J connectivity index is 1.55. The fourth-order valence-electron chi connectivity index (χ4n) is 4.10. The topological polar surface area (TPSA) is 15.3 Å². The van der Waals surface area contributed by atoms with Gasteiger partial charge in [-0.1, -0.05) is 62.4 Å². The summed E-state index contributed by atoms with van der Waals surface area (Å²) in [6.45, 7) is 7.10. The lowest BCUT2D eigenvalue weighted by Gasteiger charge is -2.42.